The first-order chi connectivity index (χ1) is 9.65. The number of benzene rings is 1. The molecule has 1 aromatic heterocycles. The highest BCUT2D eigenvalue weighted by atomic mass is 35.5. The summed E-state index contributed by atoms with van der Waals surface area (Å²) in [7, 11) is 0. The molecule has 0 saturated carbocycles. The average Bonchev–Trinajstić information content (AvgIpc) is 2.91. The second-order valence-corrected chi connectivity index (χ2v) is 5.09. The van der Waals surface area contributed by atoms with Gasteiger partial charge in [0.15, 0.2) is 0 Å². The number of hydrogen-bond donors (Lipinski definition) is 2. The van der Waals surface area contributed by atoms with Crippen LogP contribution in [0.15, 0.2) is 41.0 Å². The lowest BCUT2D eigenvalue weighted by atomic mass is 10.3. The Morgan fingerprint density at radius 3 is 2.85 bits per heavy atom. The Kier molecular flexibility index (Phi) is 5.73. The second-order valence-electron chi connectivity index (χ2n) is 4.25. The molecule has 1 atom stereocenters. The molecule has 0 aliphatic heterocycles. The van der Waals surface area contributed by atoms with Crippen LogP contribution in [0.2, 0.25) is 10.0 Å². The van der Waals surface area contributed by atoms with Gasteiger partial charge in [-0.05, 0) is 30.3 Å². The molecule has 2 rings (SSSR count). The highest BCUT2D eigenvalue weighted by Gasteiger charge is 2.08. The van der Waals surface area contributed by atoms with Gasteiger partial charge in [-0.25, -0.2) is 0 Å². The molecule has 0 saturated heterocycles. The third-order valence-electron chi connectivity index (χ3n) is 2.58. The van der Waals surface area contributed by atoms with E-state index >= 15 is 0 Å². The summed E-state index contributed by atoms with van der Waals surface area (Å²) in [5.74, 6) is 1.32. The predicted molar refractivity (Wildman–Crippen MR) is 78.4 cm³/mol. The van der Waals surface area contributed by atoms with Gasteiger partial charge in [0, 0.05) is 11.6 Å². The van der Waals surface area contributed by atoms with E-state index in [0.29, 0.717) is 28.9 Å². The van der Waals surface area contributed by atoms with Crippen molar-refractivity contribution in [3.05, 3.63) is 52.4 Å². The van der Waals surface area contributed by atoms with Crippen LogP contribution in [0.5, 0.6) is 5.75 Å². The Labute approximate surface area is 127 Å². The molecule has 2 N–H and O–H groups in total. The molecular weight excluding hydrogens is 301 g/mol. The van der Waals surface area contributed by atoms with Crippen molar-refractivity contribution in [3.63, 3.8) is 0 Å². The fourth-order valence-electron chi connectivity index (χ4n) is 1.61. The first-order valence-electron chi connectivity index (χ1n) is 6.14. The van der Waals surface area contributed by atoms with Gasteiger partial charge in [-0.1, -0.05) is 23.2 Å². The molecule has 1 aromatic carbocycles. The molecule has 1 heterocycles. The molecule has 0 radical (unpaired) electrons. The van der Waals surface area contributed by atoms with Crippen molar-refractivity contribution in [3.8, 4) is 5.75 Å². The largest absolute Gasteiger partial charge is 0.489 e. The van der Waals surface area contributed by atoms with Gasteiger partial charge in [-0.3, -0.25) is 0 Å². The van der Waals surface area contributed by atoms with E-state index in [4.69, 9.17) is 32.4 Å². The maximum absolute atomic E-state index is 9.80. The molecule has 0 aliphatic rings. The lowest BCUT2D eigenvalue weighted by Gasteiger charge is -2.13. The minimum Gasteiger partial charge on any atom is -0.489 e. The maximum Gasteiger partial charge on any atom is 0.138 e. The van der Waals surface area contributed by atoms with Crippen LogP contribution in [0.3, 0.4) is 0 Å². The molecular formula is C14H15Cl2NO3. The molecule has 0 aliphatic carbocycles. The summed E-state index contributed by atoms with van der Waals surface area (Å²) in [6.07, 6.45) is 0.968. The lowest BCUT2D eigenvalue weighted by molar-refractivity contribution is 0.106. The zero-order valence-electron chi connectivity index (χ0n) is 10.7. The zero-order chi connectivity index (χ0) is 14.4. The summed E-state index contributed by atoms with van der Waals surface area (Å²) in [5.41, 5.74) is 0. The highest BCUT2D eigenvalue weighted by Crippen LogP contribution is 2.27. The van der Waals surface area contributed by atoms with E-state index in [0.717, 1.165) is 5.76 Å². The average molecular weight is 316 g/mol. The van der Waals surface area contributed by atoms with Gasteiger partial charge in [-0.15, -0.1) is 0 Å². The Bertz CT molecular complexity index is 531. The van der Waals surface area contributed by atoms with Gasteiger partial charge in [0.25, 0.3) is 0 Å². The minimum atomic E-state index is -0.642. The minimum absolute atomic E-state index is 0.145. The van der Waals surface area contributed by atoms with Crippen molar-refractivity contribution >= 4 is 23.2 Å². The molecule has 0 fully saturated rings. The summed E-state index contributed by atoms with van der Waals surface area (Å²) in [4.78, 5) is 0. The van der Waals surface area contributed by atoms with Gasteiger partial charge >= 0.3 is 0 Å². The van der Waals surface area contributed by atoms with E-state index < -0.39 is 6.10 Å². The predicted octanol–water partition coefficient (Wildman–Crippen LogP) is 3.12. The summed E-state index contributed by atoms with van der Waals surface area (Å²) < 4.78 is 10.6. The standard InChI is InChI=1S/C14H15Cl2NO3/c15-10-3-4-14(13(16)6-10)20-9-11(18)7-17-8-12-2-1-5-19-12/h1-6,11,17-18H,7-9H2. The number of hydrogen-bond acceptors (Lipinski definition) is 4. The second kappa shape index (κ2) is 7.55. The SMILES string of the molecule is OC(CNCc1ccco1)COc1ccc(Cl)cc1Cl. The van der Waals surface area contributed by atoms with Crippen LogP contribution in [0.1, 0.15) is 5.76 Å². The number of furan rings is 1. The first-order valence-corrected chi connectivity index (χ1v) is 6.90. The summed E-state index contributed by atoms with van der Waals surface area (Å²) >= 11 is 11.8. The normalized spacial score (nSPS) is 12.3. The molecule has 20 heavy (non-hydrogen) atoms. The molecule has 6 heteroatoms. The smallest absolute Gasteiger partial charge is 0.138 e. The summed E-state index contributed by atoms with van der Waals surface area (Å²) in [5, 5.41) is 13.8. The number of ether oxygens (including phenoxy) is 1. The lowest BCUT2D eigenvalue weighted by Crippen LogP contribution is -2.31. The van der Waals surface area contributed by atoms with Crippen LogP contribution in [0.25, 0.3) is 0 Å². The fraction of sp³-hybridized carbons (Fsp3) is 0.286. The number of nitrogens with one attached hydrogen (secondary N) is 1. The van der Waals surface area contributed by atoms with Gasteiger partial charge in [0.05, 0.1) is 17.8 Å². The number of halogens is 2. The van der Waals surface area contributed by atoms with Crippen LogP contribution >= 0.6 is 23.2 Å². The quantitative estimate of drug-likeness (QED) is 0.824. The Morgan fingerprint density at radius 1 is 1.30 bits per heavy atom. The van der Waals surface area contributed by atoms with Crippen molar-refractivity contribution in [1.29, 1.82) is 0 Å². The van der Waals surface area contributed by atoms with E-state index in [1.807, 2.05) is 12.1 Å². The van der Waals surface area contributed by atoms with Crippen molar-refractivity contribution in [2.45, 2.75) is 12.6 Å². The van der Waals surface area contributed by atoms with E-state index in [1.54, 1.807) is 24.5 Å². The number of aliphatic hydroxyl groups excluding tert-OH is 1. The van der Waals surface area contributed by atoms with Crippen LogP contribution < -0.4 is 10.1 Å². The van der Waals surface area contributed by atoms with Crippen molar-refractivity contribution < 1.29 is 14.3 Å². The van der Waals surface area contributed by atoms with Gasteiger partial charge in [-0.2, -0.15) is 0 Å². The third-order valence-corrected chi connectivity index (χ3v) is 3.11. The summed E-state index contributed by atoms with van der Waals surface area (Å²) in [6.45, 7) is 1.10. The van der Waals surface area contributed by atoms with Gasteiger partial charge < -0.3 is 19.6 Å². The van der Waals surface area contributed by atoms with E-state index in [9.17, 15) is 5.11 Å². The Morgan fingerprint density at radius 2 is 2.15 bits per heavy atom. The molecule has 2 aromatic rings. The Hall–Kier alpha value is -1.20. The summed E-state index contributed by atoms with van der Waals surface area (Å²) in [6, 6.07) is 8.64. The molecule has 1 unspecified atom stereocenters. The van der Waals surface area contributed by atoms with Crippen molar-refractivity contribution in [2.24, 2.45) is 0 Å². The van der Waals surface area contributed by atoms with E-state index in [2.05, 4.69) is 5.32 Å². The van der Waals surface area contributed by atoms with Gasteiger partial charge in [0.2, 0.25) is 0 Å². The molecule has 0 bridgehead atoms. The van der Waals surface area contributed by atoms with Gasteiger partial charge in [0.1, 0.15) is 24.2 Å². The monoisotopic (exact) mass is 315 g/mol. The maximum atomic E-state index is 9.80. The highest BCUT2D eigenvalue weighted by molar-refractivity contribution is 6.35. The van der Waals surface area contributed by atoms with E-state index in [1.165, 1.54) is 0 Å². The van der Waals surface area contributed by atoms with Crippen LogP contribution in [0.4, 0.5) is 0 Å². The van der Waals surface area contributed by atoms with Crippen LogP contribution in [-0.4, -0.2) is 24.4 Å². The van der Waals surface area contributed by atoms with Crippen molar-refractivity contribution in [2.75, 3.05) is 13.2 Å². The molecule has 0 amide bonds. The Balaban J connectivity index is 1.70. The van der Waals surface area contributed by atoms with Crippen LogP contribution in [-0.2, 0) is 6.54 Å². The molecule has 4 nitrogen and oxygen atoms in total. The van der Waals surface area contributed by atoms with E-state index in [-0.39, 0.29) is 6.61 Å². The topological polar surface area (TPSA) is 54.6 Å². The fourth-order valence-corrected chi connectivity index (χ4v) is 2.08. The van der Waals surface area contributed by atoms with Crippen LogP contribution in [0, 0.1) is 0 Å². The third kappa shape index (κ3) is 4.72. The van der Waals surface area contributed by atoms with Crippen molar-refractivity contribution in [1.82, 2.24) is 5.32 Å². The zero-order valence-corrected chi connectivity index (χ0v) is 12.2. The molecule has 0 spiro atoms. The molecule has 108 valence electrons. The number of rotatable bonds is 7. The first kappa shape index (κ1) is 15.2. The number of aliphatic hydroxyl groups is 1.